The molecule has 1 aromatic carbocycles. The first-order valence-electron chi connectivity index (χ1n) is 6.19. The number of hydrogen-bond acceptors (Lipinski definition) is 2. The average Bonchev–Trinajstić information content (AvgIpc) is 2.29. The van der Waals surface area contributed by atoms with Crippen LogP contribution in [0.15, 0.2) is 18.2 Å². The van der Waals surface area contributed by atoms with Gasteiger partial charge in [-0.05, 0) is 37.5 Å². The first kappa shape index (κ1) is 13.7. The zero-order chi connectivity index (χ0) is 13.8. The summed E-state index contributed by atoms with van der Waals surface area (Å²) in [5, 5.41) is 3.17. The van der Waals surface area contributed by atoms with Gasteiger partial charge in [0.1, 0.15) is 0 Å². The molecule has 1 fully saturated rings. The Morgan fingerprint density at radius 1 is 1.26 bits per heavy atom. The van der Waals surface area contributed by atoms with Gasteiger partial charge in [-0.1, -0.05) is 24.1 Å². The highest BCUT2D eigenvalue weighted by molar-refractivity contribution is 6.31. The van der Waals surface area contributed by atoms with Crippen LogP contribution in [0.3, 0.4) is 0 Å². The third-order valence-corrected chi connectivity index (χ3v) is 3.46. The van der Waals surface area contributed by atoms with Crippen LogP contribution in [0.2, 0.25) is 5.02 Å². The Kier molecular flexibility index (Phi) is 4.27. The number of anilines is 1. The maximum absolute atomic E-state index is 11.6. The largest absolute Gasteiger partial charge is 0.337 e. The average molecular weight is 282 g/mol. The second-order valence-corrected chi connectivity index (χ2v) is 5.09. The van der Waals surface area contributed by atoms with Gasteiger partial charge < -0.3 is 5.32 Å². The van der Waals surface area contributed by atoms with Crippen molar-refractivity contribution in [3.05, 3.63) is 28.8 Å². The van der Waals surface area contributed by atoms with Crippen LogP contribution in [0.25, 0.3) is 0 Å². The molecule has 2 rings (SSSR count). The van der Waals surface area contributed by atoms with E-state index in [1.54, 1.807) is 12.1 Å². The molecule has 1 aliphatic carbocycles. The van der Waals surface area contributed by atoms with E-state index in [0.29, 0.717) is 10.7 Å². The molecule has 1 aromatic rings. The number of amides is 3. The van der Waals surface area contributed by atoms with Gasteiger partial charge in [0.25, 0.3) is 0 Å². The first-order chi connectivity index (χ1) is 9.06. The number of carbonyl (C=O) groups excluding carboxylic acids is 2. The minimum absolute atomic E-state index is 0.0354. The molecule has 3 N–H and O–H groups in total. The number of hydrogen-bond donors (Lipinski definition) is 3. The predicted molar refractivity (Wildman–Crippen MR) is 73.8 cm³/mol. The van der Waals surface area contributed by atoms with E-state index in [2.05, 4.69) is 16.2 Å². The van der Waals surface area contributed by atoms with Crippen LogP contribution in [0.4, 0.5) is 10.5 Å². The van der Waals surface area contributed by atoms with Gasteiger partial charge in [0.2, 0.25) is 5.91 Å². The van der Waals surface area contributed by atoms with Crippen LogP contribution in [0.1, 0.15) is 24.8 Å². The van der Waals surface area contributed by atoms with E-state index in [1.807, 2.05) is 13.0 Å². The van der Waals surface area contributed by atoms with Gasteiger partial charge in [-0.25, -0.2) is 10.2 Å². The zero-order valence-corrected chi connectivity index (χ0v) is 11.4. The fourth-order valence-corrected chi connectivity index (χ4v) is 1.95. The first-order valence-corrected chi connectivity index (χ1v) is 6.57. The number of carbonyl (C=O) groups is 2. The molecule has 0 aromatic heterocycles. The Labute approximate surface area is 116 Å². The van der Waals surface area contributed by atoms with Crippen molar-refractivity contribution >= 4 is 29.2 Å². The molecule has 3 amide bonds. The molecule has 0 heterocycles. The van der Waals surface area contributed by atoms with E-state index >= 15 is 0 Å². The van der Waals surface area contributed by atoms with Crippen LogP contribution < -0.4 is 16.2 Å². The van der Waals surface area contributed by atoms with Gasteiger partial charge in [-0.2, -0.15) is 0 Å². The van der Waals surface area contributed by atoms with Gasteiger partial charge in [-0.3, -0.25) is 10.2 Å². The Morgan fingerprint density at radius 2 is 2.00 bits per heavy atom. The monoisotopic (exact) mass is 281 g/mol. The summed E-state index contributed by atoms with van der Waals surface area (Å²) in [4.78, 5) is 23.2. The van der Waals surface area contributed by atoms with Crippen molar-refractivity contribution in [3.63, 3.8) is 0 Å². The minimum atomic E-state index is -0.488. The fraction of sp³-hybridized carbons (Fsp3) is 0.385. The summed E-state index contributed by atoms with van der Waals surface area (Å²) in [6, 6.07) is 4.73. The maximum Gasteiger partial charge on any atom is 0.337 e. The lowest BCUT2D eigenvalue weighted by atomic mass is 9.85. The third-order valence-electron chi connectivity index (χ3n) is 3.22. The van der Waals surface area contributed by atoms with Crippen LogP contribution in [0.5, 0.6) is 0 Å². The molecule has 102 valence electrons. The van der Waals surface area contributed by atoms with Gasteiger partial charge >= 0.3 is 6.03 Å². The third kappa shape index (κ3) is 3.61. The topological polar surface area (TPSA) is 70.2 Å². The summed E-state index contributed by atoms with van der Waals surface area (Å²) in [5.41, 5.74) is 6.25. The van der Waals surface area contributed by atoms with Crippen molar-refractivity contribution in [3.8, 4) is 0 Å². The summed E-state index contributed by atoms with van der Waals surface area (Å²) in [6.07, 6.45) is 2.86. The van der Waals surface area contributed by atoms with Crippen molar-refractivity contribution in [1.82, 2.24) is 10.9 Å². The molecule has 19 heavy (non-hydrogen) atoms. The molecule has 0 radical (unpaired) electrons. The van der Waals surface area contributed by atoms with Gasteiger partial charge in [0.05, 0.1) is 0 Å². The molecule has 0 saturated heterocycles. The highest BCUT2D eigenvalue weighted by Gasteiger charge is 2.25. The van der Waals surface area contributed by atoms with Gasteiger partial charge in [0.15, 0.2) is 0 Å². The molecule has 0 spiro atoms. The number of benzene rings is 1. The van der Waals surface area contributed by atoms with Crippen molar-refractivity contribution in [1.29, 1.82) is 0 Å². The van der Waals surface area contributed by atoms with Crippen LogP contribution in [-0.4, -0.2) is 11.9 Å². The van der Waals surface area contributed by atoms with Crippen LogP contribution >= 0.6 is 11.6 Å². The number of urea groups is 1. The second kappa shape index (κ2) is 5.93. The van der Waals surface area contributed by atoms with Gasteiger partial charge in [0, 0.05) is 16.6 Å². The number of rotatable bonds is 2. The standard InChI is InChI=1S/C13H16ClN3O2/c1-8-5-6-10(14)7-11(8)15-13(19)17-16-12(18)9-3-2-4-9/h5-7,9H,2-4H2,1H3,(H,16,18)(H2,15,17,19). The van der Waals surface area contributed by atoms with Crippen molar-refractivity contribution in [2.45, 2.75) is 26.2 Å². The van der Waals surface area contributed by atoms with Crippen molar-refractivity contribution in [2.24, 2.45) is 5.92 Å². The zero-order valence-electron chi connectivity index (χ0n) is 10.6. The SMILES string of the molecule is Cc1ccc(Cl)cc1NC(=O)NNC(=O)C1CCC1. The number of halogens is 1. The molecule has 1 saturated carbocycles. The van der Waals surface area contributed by atoms with E-state index in [1.165, 1.54) is 0 Å². The molecule has 5 nitrogen and oxygen atoms in total. The summed E-state index contributed by atoms with van der Waals surface area (Å²) >= 11 is 5.85. The highest BCUT2D eigenvalue weighted by Crippen LogP contribution is 2.25. The molecule has 0 aliphatic heterocycles. The van der Waals surface area contributed by atoms with E-state index in [-0.39, 0.29) is 11.8 Å². The smallest absolute Gasteiger partial charge is 0.306 e. The highest BCUT2D eigenvalue weighted by atomic mass is 35.5. The Balaban J connectivity index is 1.83. The van der Waals surface area contributed by atoms with E-state index < -0.39 is 6.03 Å². The Hall–Kier alpha value is -1.75. The normalized spacial score (nSPS) is 14.4. The predicted octanol–water partition coefficient (Wildman–Crippen LogP) is 2.60. The summed E-state index contributed by atoms with van der Waals surface area (Å²) in [6.45, 7) is 1.86. The van der Waals surface area contributed by atoms with Crippen LogP contribution in [0, 0.1) is 12.8 Å². The van der Waals surface area contributed by atoms with E-state index in [4.69, 9.17) is 11.6 Å². The fourth-order valence-electron chi connectivity index (χ4n) is 1.77. The van der Waals surface area contributed by atoms with Crippen LogP contribution in [-0.2, 0) is 4.79 Å². The molecule has 6 heteroatoms. The molecular formula is C13H16ClN3O2. The summed E-state index contributed by atoms with van der Waals surface area (Å²) in [7, 11) is 0. The van der Waals surface area contributed by atoms with E-state index in [9.17, 15) is 9.59 Å². The molecule has 0 bridgehead atoms. The van der Waals surface area contributed by atoms with E-state index in [0.717, 1.165) is 24.8 Å². The lowest BCUT2D eigenvalue weighted by Gasteiger charge is -2.24. The molecule has 1 aliphatic rings. The molecule has 0 atom stereocenters. The quantitative estimate of drug-likeness (QED) is 0.729. The lowest BCUT2D eigenvalue weighted by molar-refractivity contribution is -0.128. The van der Waals surface area contributed by atoms with Crippen molar-refractivity contribution in [2.75, 3.05) is 5.32 Å². The summed E-state index contributed by atoms with van der Waals surface area (Å²) < 4.78 is 0. The summed E-state index contributed by atoms with van der Waals surface area (Å²) in [5.74, 6) is -0.0996. The number of aryl methyl sites for hydroxylation is 1. The number of hydrazine groups is 1. The molecular weight excluding hydrogens is 266 g/mol. The Bertz CT molecular complexity index is 501. The number of nitrogens with one attached hydrogen (secondary N) is 3. The van der Waals surface area contributed by atoms with Crippen molar-refractivity contribution < 1.29 is 9.59 Å². The lowest BCUT2D eigenvalue weighted by Crippen LogP contribution is -2.47. The minimum Gasteiger partial charge on any atom is -0.306 e. The molecule has 0 unspecified atom stereocenters. The Morgan fingerprint density at radius 3 is 2.63 bits per heavy atom. The maximum atomic E-state index is 11.6. The second-order valence-electron chi connectivity index (χ2n) is 4.66. The van der Waals surface area contributed by atoms with Gasteiger partial charge in [-0.15, -0.1) is 0 Å².